The Bertz CT molecular complexity index is 1100. The Kier molecular flexibility index (Phi) is 7.75. The molecule has 2 aromatic carbocycles. The summed E-state index contributed by atoms with van der Waals surface area (Å²) >= 11 is 1.31. The molecule has 36 heavy (non-hydrogen) atoms. The highest BCUT2D eigenvalue weighted by Crippen LogP contribution is 2.46. The van der Waals surface area contributed by atoms with Crippen LogP contribution in [0.4, 0.5) is 5.69 Å². The minimum atomic E-state index is -0.862. The normalized spacial score (nSPS) is 23.5. The van der Waals surface area contributed by atoms with Crippen LogP contribution in [0.2, 0.25) is 0 Å². The Morgan fingerprint density at radius 3 is 2.36 bits per heavy atom. The number of hydrogen-bond donors (Lipinski definition) is 2. The van der Waals surface area contributed by atoms with Gasteiger partial charge in [0, 0.05) is 17.0 Å². The summed E-state index contributed by atoms with van der Waals surface area (Å²) in [7, 11) is 0. The van der Waals surface area contributed by atoms with Crippen molar-refractivity contribution in [2.45, 2.75) is 100 Å². The molecule has 2 aliphatic rings. The quantitative estimate of drug-likeness (QED) is 0.262. The number of phenolic OH excluding ortho intramolecular Hbond substituents is 1. The summed E-state index contributed by atoms with van der Waals surface area (Å²) in [6.45, 7) is 8.28. The number of nitrogen functional groups attached to an aromatic ring is 1. The van der Waals surface area contributed by atoms with Gasteiger partial charge >= 0.3 is 5.97 Å². The SMILES string of the molecule is Cc1cc(SC2C(=O)CC(CCc3ccc(O)cc3)(C3CCCCC3)OC2=O)c(C(C)(C)C)cc1N. The smallest absolute Gasteiger partial charge is 0.327 e. The van der Waals surface area contributed by atoms with E-state index in [0.717, 1.165) is 47.3 Å². The molecule has 194 valence electrons. The first kappa shape index (κ1) is 26.6. The Balaban J connectivity index is 1.59. The van der Waals surface area contributed by atoms with Crippen molar-refractivity contribution in [1.29, 1.82) is 0 Å². The number of esters is 1. The van der Waals surface area contributed by atoms with E-state index in [-0.39, 0.29) is 29.3 Å². The zero-order valence-corrected chi connectivity index (χ0v) is 22.7. The summed E-state index contributed by atoms with van der Waals surface area (Å²) in [5, 5.41) is 8.77. The van der Waals surface area contributed by atoms with Crippen LogP contribution in [0, 0.1) is 12.8 Å². The zero-order valence-electron chi connectivity index (χ0n) is 21.9. The number of ether oxygens (including phenoxy) is 1. The van der Waals surface area contributed by atoms with E-state index in [9.17, 15) is 14.7 Å². The van der Waals surface area contributed by atoms with Crippen molar-refractivity contribution in [3.63, 3.8) is 0 Å². The number of benzene rings is 2. The molecule has 1 aliphatic heterocycles. The van der Waals surface area contributed by atoms with Crippen LogP contribution < -0.4 is 5.73 Å². The first-order valence-electron chi connectivity index (χ1n) is 13.1. The maximum absolute atomic E-state index is 13.7. The molecular weight excluding hydrogens is 470 g/mol. The fourth-order valence-electron chi connectivity index (χ4n) is 5.65. The molecule has 6 heteroatoms. The van der Waals surface area contributed by atoms with Gasteiger partial charge in [-0.1, -0.05) is 52.2 Å². The summed E-state index contributed by atoms with van der Waals surface area (Å²) < 4.78 is 6.34. The molecule has 2 fully saturated rings. The molecule has 5 nitrogen and oxygen atoms in total. The second-order valence-corrected chi connectivity index (χ2v) is 12.7. The van der Waals surface area contributed by atoms with Crippen molar-refractivity contribution in [2.24, 2.45) is 5.92 Å². The van der Waals surface area contributed by atoms with E-state index in [4.69, 9.17) is 10.5 Å². The first-order chi connectivity index (χ1) is 17.0. The summed E-state index contributed by atoms with van der Waals surface area (Å²) in [4.78, 5) is 28.1. The molecule has 2 aromatic rings. The van der Waals surface area contributed by atoms with E-state index in [1.807, 2.05) is 31.2 Å². The van der Waals surface area contributed by atoms with Crippen LogP contribution in [-0.2, 0) is 26.2 Å². The highest BCUT2D eigenvalue weighted by molar-refractivity contribution is 8.01. The maximum atomic E-state index is 13.7. The average molecular weight is 510 g/mol. The molecule has 1 saturated carbocycles. The van der Waals surface area contributed by atoms with E-state index in [2.05, 4.69) is 20.8 Å². The number of anilines is 1. The van der Waals surface area contributed by atoms with Gasteiger partial charge in [0.25, 0.3) is 0 Å². The third-order valence-corrected chi connectivity index (χ3v) is 9.11. The number of aryl methyl sites for hydroxylation is 2. The molecular formula is C30H39NO4S. The number of nitrogens with two attached hydrogens (primary N) is 1. The van der Waals surface area contributed by atoms with Crippen LogP contribution in [-0.4, -0.2) is 27.7 Å². The molecule has 2 unspecified atom stereocenters. The zero-order chi connectivity index (χ0) is 26.1. The van der Waals surface area contributed by atoms with Crippen LogP contribution in [0.15, 0.2) is 41.3 Å². The Hall–Kier alpha value is -2.47. The fraction of sp³-hybridized carbons (Fsp3) is 0.533. The van der Waals surface area contributed by atoms with Gasteiger partial charge in [-0.15, -0.1) is 11.8 Å². The van der Waals surface area contributed by atoms with Crippen LogP contribution in [0.5, 0.6) is 5.75 Å². The largest absolute Gasteiger partial charge is 0.508 e. The molecule has 0 bridgehead atoms. The molecule has 1 aliphatic carbocycles. The van der Waals surface area contributed by atoms with Crippen molar-refractivity contribution in [3.05, 3.63) is 53.1 Å². The van der Waals surface area contributed by atoms with Crippen molar-refractivity contribution < 1.29 is 19.4 Å². The molecule has 0 radical (unpaired) electrons. The third-order valence-electron chi connectivity index (χ3n) is 7.83. The number of carbonyl (C=O) groups is 2. The average Bonchev–Trinajstić information content (AvgIpc) is 2.83. The van der Waals surface area contributed by atoms with Gasteiger partial charge in [0.1, 0.15) is 11.4 Å². The lowest BCUT2D eigenvalue weighted by Gasteiger charge is -2.45. The van der Waals surface area contributed by atoms with Gasteiger partial charge in [-0.3, -0.25) is 9.59 Å². The number of hydrogen-bond acceptors (Lipinski definition) is 6. The van der Waals surface area contributed by atoms with E-state index < -0.39 is 16.8 Å². The van der Waals surface area contributed by atoms with Crippen molar-refractivity contribution >= 4 is 29.2 Å². The molecule has 4 rings (SSSR count). The minimum absolute atomic E-state index is 0.0399. The van der Waals surface area contributed by atoms with Gasteiger partial charge in [-0.25, -0.2) is 0 Å². The molecule has 1 heterocycles. The number of aromatic hydroxyl groups is 1. The van der Waals surface area contributed by atoms with Gasteiger partial charge < -0.3 is 15.6 Å². The number of Topliss-reactive ketones (excluding diaryl/α,β-unsaturated/α-hetero) is 1. The van der Waals surface area contributed by atoms with E-state index in [1.54, 1.807) is 12.1 Å². The lowest BCUT2D eigenvalue weighted by Crippen LogP contribution is -2.53. The monoisotopic (exact) mass is 509 g/mol. The van der Waals surface area contributed by atoms with Gasteiger partial charge in [0.2, 0.25) is 0 Å². The second-order valence-electron chi connectivity index (χ2n) is 11.6. The molecule has 2 atom stereocenters. The van der Waals surface area contributed by atoms with E-state index >= 15 is 0 Å². The summed E-state index contributed by atoms with van der Waals surface area (Å²) in [5.74, 6) is -0.0257. The second kappa shape index (κ2) is 10.5. The molecule has 3 N–H and O–H groups in total. The number of ketones is 1. The molecule has 0 amide bonds. The fourth-order valence-corrected chi connectivity index (χ4v) is 7.00. The van der Waals surface area contributed by atoms with Crippen LogP contribution in [0.3, 0.4) is 0 Å². The maximum Gasteiger partial charge on any atom is 0.327 e. The predicted molar refractivity (Wildman–Crippen MR) is 145 cm³/mol. The van der Waals surface area contributed by atoms with E-state index in [0.29, 0.717) is 18.5 Å². The molecule has 0 aromatic heterocycles. The standard InChI is InChI=1S/C30H39NO4S/c1-19-16-26(23(17-24(19)31)29(2,3)4)36-27-25(33)18-30(35-28(27)34,21-8-6-5-7-9-21)15-14-20-10-12-22(32)13-11-20/h10-13,16-17,21,27,32H,5-9,14-15,18,31H2,1-4H3. The van der Waals surface area contributed by atoms with Gasteiger partial charge in [-0.2, -0.15) is 0 Å². The van der Waals surface area contributed by atoms with Crippen molar-refractivity contribution in [1.82, 2.24) is 0 Å². The Morgan fingerprint density at radius 2 is 1.75 bits per heavy atom. The van der Waals surface area contributed by atoms with Crippen molar-refractivity contribution in [2.75, 3.05) is 5.73 Å². The Labute approximate surface area is 219 Å². The number of thioether (sulfide) groups is 1. The Morgan fingerprint density at radius 1 is 1.08 bits per heavy atom. The lowest BCUT2D eigenvalue weighted by molar-refractivity contribution is -0.179. The highest BCUT2D eigenvalue weighted by atomic mass is 32.2. The minimum Gasteiger partial charge on any atom is -0.508 e. The van der Waals surface area contributed by atoms with Gasteiger partial charge in [0.05, 0.1) is 0 Å². The van der Waals surface area contributed by atoms with E-state index in [1.165, 1.54) is 18.2 Å². The third kappa shape index (κ3) is 5.74. The summed E-state index contributed by atoms with van der Waals surface area (Å²) in [5.41, 5.74) is 9.02. The van der Waals surface area contributed by atoms with Crippen LogP contribution in [0.25, 0.3) is 0 Å². The topological polar surface area (TPSA) is 89.6 Å². The molecule has 0 spiro atoms. The number of rotatable bonds is 6. The lowest BCUT2D eigenvalue weighted by atomic mass is 9.70. The number of phenols is 1. The van der Waals surface area contributed by atoms with Gasteiger partial charge in [0.15, 0.2) is 11.0 Å². The number of carbonyl (C=O) groups excluding carboxylic acids is 2. The number of cyclic esters (lactones) is 1. The predicted octanol–water partition coefficient (Wildman–Crippen LogP) is 6.51. The van der Waals surface area contributed by atoms with Gasteiger partial charge in [-0.05, 0) is 84.9 Å². The molecule has 1 saturated heterocycles. The van der Waals surface area contributed by atoms with Crippen LogP contribution in [0.1, 0.15) is 82.4 Å². The highest BCUT2D eigenvalue weighted by Gasteiger charge is 2.51. The first-order valence-corrected chi connectivity index (χ1v) is 14.0. The summed E-state index contributed by atoms with van der Waals surface area (Å²) in [6, 6.07) is 11.1. The van der Waals surface area contributed by atoms with Crippen molar-refractivity contribution in [3.8, 4) is 5.75 Å². The summed E-state index contributed by atoms with van der Waals surface area (Å²) in [6.07, 6.45) is 6.95. The van der Waals surface area contributed by atoms with Crippen LogP contribution >= 0.6 is 11.8 Å².